The summed E-state index contributed by atoms with van der Waals surface area (Å²) < 4.78 is 5.76. The van der Waals surface area contributed by atoms with Crippen LogP contribution in [0.3, 0.4) is 0 Å². The molecule has 2 heterocycles. The van der Waals surface area contributed by atoms with Gasteiger partial charge in [0.2, 0.25) is 5.91 Å². The summed E-state index contributed by atoms with van der Waals surface area (Å²) in [6.45, 7) is 4.00. The molecule has 1 N–H and O–H groups in total. The fraction of sp³-hybridized carbons (Fsp3) is 0.600. The highest BCUT2D eigenvalue weighted by molar-refractivity contribution is 5.94. The highest BCUT2D eigenvalue weighted by Crippen LogP contribution is 2.47. The minimum absolute atomic E-state index is 0.0377. The molecule has 5 nitrogen and oxygen atoms in total. The van der Waals surface area contributed by atoms with Crippen molar-refractivity contribution in [3.8, 4) is 0 Å². The minimum Gasteiger partial charge on any atom is -0.451 e. The van der Waals surface area contributed by atoms with Crippen LogP contribution in [0.1, 0.15) is 54.4 Å². The molecule has 1 saturated heterocycles. The molecule has 0 radical (unpaired) electrons. The van der Waals surface area contributed by atoms with E-state index in [-0.39, 0.29) is 17.8 Å². The molecule has 3 aliphatic rings. The number of hydrogen-bond acceptors (Lipinski definition) is 4. The number of rotatable bonds is 4. The Morgan fingerprint density at radius 1 is 1.20 bits per heavy atom. The third kappa shape index (κ3) is 3.17. The van der Waals surface area contributed by atoms with E-state index < -0.39 is 5.60 Å². The molecule has 1 aromatic rings. The predicted octanol–water partition coefficient (Wildman–Crippen LogP) is 2.45. The number of nitrogens with one attached hydrogen (secondary N) is 1. The quantitative estimate of drug-likeness (QED) is 0.854. The maximum absolute atomic E-state index is 12.4. The molecule has 0 bridgehead atoms. The monoisotopic (exact) mass is 342 g/mol. The van der Waals surface area contributed by atoms with Gasteiger partial charge in [0, 0.05) is 24.6 Å². The lowest BCUT2D eigenvalue weighted by Gasteiger charge is -2.36. The molecule has 2 fully saturated rings. The maximum atomic E-state index is 12.4. The van der Waals surface area contributed by atoms with Gasteiger partial charge in [0.15, 0.2) is 0 Å². The zero-order valence-electron chi connectivity index (χ0n) is 14.6. The SMILES string of the molecule is O=C1O[C@]2(CC[C@H](C(=O)NCCN3CCCC3)CC2)c2ccccc21. The number of carbonyl (C=O) groups is 2. The van der Waals surface area contributed by atoms with Gasteiger partial charge in [-0.3, -0.25) is 4.79 Å². The van der Waals surface area contributed by atoms with E-state index in [4.69, 9.17) is 4.74 Å². The van der Waals surface area contributed by atoms with Crippen LogP contribution < -0.4 is 5.32 Å². The highest BCUT2D eigenvalue weighted by atomic mass is 16.6. The van der Waals surface area contributed by atoms with Crippen molar-refractivity contribution in [2.45, 2.75) is 44.1 Å². The van der Waals surface area contributed by atoms with E-state index in [1.807, 2.05) is 24.3 Å². The Morgan fingerprint density at radius 2 is 1.92 bits per heavy atom. The average Bonchev–Trinajstić information content (AvgIpc) is 3.24. The van der Waals surface area contributed by atoms with Crippen molar-refractivity contribution in [1.82, 2.24) is 10.2 Å². The third-order valence-corrected chi connectivity index (χ3v) is 6.02. The number of benzene rings is 1. The molecule has 0 unspecified atom stereocenters. The zero-order valence-corrected chi connectivity index (χ0v) is 14.6. The lowest BCUT2D eigenvalue weighted by atomic mass is 9.74. The Balaban J connectivity index is 1.31. The van der Waals surface area contributed by atoms with Crippen LogP contribution in [0.5, 0.6) is 0 Å². The van der Waals surface area contributed by atoms with E-state index in [2.05, 4.69) is 10.2 Å². The Kier molecular flexibility index (Phi) is 4.50. The van der Waals surface area contributed by atoms with Gasteiger partial charge in [-0.1, -0.05) is 18.2 Å². The summed E-state index contributed by atoms with van der Waals surface area (Å²) in [5.74, 6) is -0.0218. The number of esters is 1. The lowest BCUT2D eigenvalue weighted by Crippen LogP contribution is -2.40. The fourth-order valence-electron chi connectivity index (χ4n) is 4.55. The number of amides is 1. The van der Waals surface area contributed by atoms with Crippen LogP contribution >= 0.6 is 0 Å². The summed E-state index contributed by atoms with van der Waals surface area (Å²) in [5, 5.41) is 3.10. The molecule has 134 valence electrons. The largest absolute Gasteiger partial charge is 0.451 e. The van der Waals surface area contributed by atoms with Crippen LogP contribution in [0.2, 0.25) is 0 Å². The van der Waals surface area contributed by atoms with E-state index in [1.165, 1.54) is 12.8 Å². The highest BCUT2D eigenvalue weighted by Gasteiger charge is 2.48. The first-order valence-electron chi connectivity index (χ1n) is 9.51. The first-order chi connectivity index (χ1) is 12.2. The van der Waals surface area contributed by atoms with Gasteiger partial charge in [0.25, 0.3) is 0 Å². The first kappa shape index (κ1) is 16.6. The van der Waals surface area contributed by atoms with Crippen molar-refractivity contribution in [2.24, 2.45) is 5.92 Å². The first-order valence-corrected chi connectivity index (χ1v) is 9.51. The second kappa shape index (κ2) is 6.79. The molecule has 0 aromatic heterocycles. The Morgan fingerprint density at radius 3 is 2.68 bits per heavy atom. The molecule has 0 atom stereocenters. The van der Waals surface area contributed by atoms with Gasteiger partial charge in [-0.05, 0) is 57.7 Å². The standard InChI is InChI=1S/C20H26N2O3/c23-18(21-11-14-22-12-3-4-13-22)15-7-9-20(10-8-15)17-6-2-1-5-16(17)19(24)25-20/h1-2,5-6,15H,3-4,7-14H2,(H,21,23)/t15-,20-. The van der Waals surface area contributed by atoms with E-state index in [1.54, 1.807) is 0 Å². The third-order valence-electron chi connectivity index (χ3n) is 6.02. The Labute approximate surface area is 148 Å². The van der Waals surface area contributed by atoms with Gasteiger partial charge >= 0.3 is 5.97 Å². The molecule has 1 aromatic carbocycles. The summed E-state index contributed by atoms with van der Waals surface area (Å²) in [7, 11) is 0. The number of ether oxygens (including phenoxy) is 1. The van der Waals surface area contributed by atoms with Gasteiger partial charge in [-0.2, -0.15) is 0 Å². The summed E-state index contributed by atoms with van der Waals surface area (Å²) >= 11 is 0. The summed E-state index contributed by atoms with van der Waals surface area (Å²) in [6.07, 6.45) is 5.58. The number of nitrogens with zero attached hydrogens (tertiary/aromatic N) is 1. The van der Waals surface area contributed by atoms with Crippen molar-refractivity contribution >= 4 is 11.9 Å². The minimum atomic E-state index is -0.500. The van der Waals surface area contributed by atoms with Crippen LogP contribution in [-0.2, 0) is 15.1 Å². The van der Waals surface area contributed by atoms with E-state index in [0.29, 0.717) is 5.56 Å². The van der Waals surface area contributed by atoms with E-state index >= 15 is 0 Å². The summed E-state index contributed by atoms with van der Waals surface area (Å²) in [4.78, 5) is 27.0. The molecule has 4 rings (SSSR count). The normalized spacial score (nSPS) is 28.8. The topological polar surface area (TPSA) is 58.6 Å². The van der Waals surface area contributed by atoms with Crippen molar-refractivity contribution in [2.75, 3.05) is 26.2 Å². The molecule has 25 heavy (non-hydrogen) atoms. The smallest absolute Gasteiger partial charge is 0.339 e. The molecule has 1 amide bonds. The number of carbonyl (C=O) groups excluding carboxylic acids is 2. The lowest BCUT2D eigenvalue weighted by molar-refractivity contribution is -0.128. The van der Waals surface area contributed by atoms with E-state index in [0.717, 1.165) is 57.4 Å². The average molecular weight is 342 g/mol. The predicted molar refractivity (Wildman–Crippen MR) is 94.2 cm³/mol. The van der Waals surface area contributed by atoms with Gasteiger partial charge < -0.3 is 15.0 Å². The summed E-state index contributed by atoms with van der Waals surface area (Å²) in [6, 6.07) is 7.67. The van der Waals surface area contributed by atoms with Crippen molar-refractivity contribution in [3.63, 3.8) is 0 Å². The molecule has 2 aliphatic heterocycles. The summed E-state index contributed by atoms with van der Waals surface area (Å²) in [5.41, 5.74) is 1.20. The van der Waals surface area contributed by atoms with Crippen LogP contribution in [0, 0.1) is 5.92 Å². The molecule has 1 spiro atoms. The van der Waals surface area contributed by atoms with Gasteiger partial charge in [-0.25, -0.2) is 4.79 Å². The van der Waals surface area contributed by atoms with Gasteiger partial charge in [0.05, 0.1) is 5.56 Å². The molecule has 1 aliphatic carbocycles. The Hall–Kier alpha value is -1.88. The fourth-order valence-corrected chi connectivity index (χ4v) is 4.55. The second-order valence-corrected chi connectivity index (χ2v) is 7.54. The number of likely N-dealkylation sites (tertiary alicyclic amines) is 1. The Bertz CT molecular complexity index is 659. The van der Waals surface area contributed by atoms with Crippen molar-refractivity contribution < 1.29 is 14.3 Å². The van der Waals surface area contributed by atoms with Crippen LogP contribution in [0.15, 0.2) is 24.3 Å². The zero-order chi connectivity index (χ0) is 17.3. The number of fused-ring (bicyclic) bond motifs is 2. The van der Waals surface area contributed by atoms with Gasteiger partial charge in [-0.15, -0.1) is 0 Å². The van der Waals surface area contributed by atoms with Crippen molar-refractivity contribution in [1.29, 1.82) is 0 Å². The maximum Gasteiger partial charge on any atom is 0.339 e. The number of hydrogen-bond donors (Lipinski definition) is 1. The van der Waals surface area contributed by atoms with E-state index in [9.17, 15) is 9.59 Å². The van der Waals surface area contributed by atoms with Crippen LogP contribution in [0.25, 0.3) is 0 Å². The van der Waals surface area contributed by atoms with Crippen molar-refractivity contribution in [3.05, 3.63) is 35.4 Å². The molecule has 1 saturated carbocycles. The molecular formula is C20H26N2O3. The van der Waals surface area contributed by atoms with Gasteiger partial charge in [0.1, 0.15) is 5.60 Å². The second-order valence-electron chi connectivity index (χ2n) is 7.54. The molecule has 5 heteroatoms. The van der Waals surface area contributed by atoms with Crippen LogP contribution in [0.4, 0.5) is 0 Å². The molecular weight excluding hydrogens is 316 g/mol. The van der Waals surface area contributed by atoms with Crippen LogP contribution in [-0.4, -0.2) is 43.0 Å².